The molecule has 2 atom stereocenters. The van der Waals surface area contributed by atoms with Crippen LogP contribution in [0.15, 0.2) is 53.5 Å². The topological polar surface area (TPSA) is 118 Å². The van der Waals surface area contributed by atoms with Gasteiger partial charge in [-0.15, -0.1) is 0 Å². The molecule has 1 aromatic heterocycles. The minimum atomic E-state index is -4.80. The van der Waals surface area contributed by atoms with Crippen molar-refractivity contribution < 1.29 is 41.0 Å². The van der Waals surface area contributed by atoms with Gasteiger partial charge in [0.1, 0.15) is 18.1 Å². The highest BCUT2D eigenvalue weighted by atomic mass is 35.5. The van der Waals surface area contributed by atoms with E-state index in [-0.39, 0.29) is 34.0 Å². The molecule has 1 amide bonds. The van der Waals surface area contributed by atoms with Crippen molar-refractivity contribution in [2.75, 3.05) is 6.54 Å². The van der Waals surface area contributed by atoms with Crippen molar-refractivity contribution >= 4 is 17.5 Å². The monoisotopic (exact) mass is 660 g/mol. The Bertz CT molecular complexity index is 1980. The smallest absolute Gasteiger partial charge is 0.408 e. The van der Waals surface area contributed by atoms with E-state index < -0.39 is 80.6 Å². The number of carbonyl (C=O) groups is 1. The molecule has 238 valence electrons. The number of ether oxygens (including phenoxy) is 3. The van der Waals surface area contributed by atoms with Gasteiger partial charge in [-0.1, -0.05) is 41.9 Å². The number of alkyl halides is 3. The van der Waals surface area contributed by atoms with Crippen LogP contribution in [0.25, 0.3) is 11.1 Å². The lowest BCUT2D eigenvalue weighted by Crippen LogP contribution is -2.48. The van der Waals surface area contributed by atoms with E-state index >= 15 is 8.78 Å². The molecule has 46 heavy (non-hydrogen) atoms. The lowest BCUT2D eigenvalue weighted by Gasteiger charge is -2.35. The van der Waals surface area contributed by atoms with Crippen molar-refractivity contribution in [3.63, 3.8) is 0 Å². The Kier molecular flexibility index (Phi) is 6.97. The van der Waals surface area contributed by atoms with Crippen molar-refractivity contribution in [2.45, 2.75) is 43.6 Å². The number of hydrogen-bond donors (Lipinski definition) is 2. The first-order valence-electron chi connectivity index (χ1n) is 14.1. The highest BCUT2D eigenvalue weighted by molar-refractivity contribution is 6.34. The minimum Gasteiger partial charge on any atom is -0.480 e. The van der Waals surface area contributed by atoms with E-state index in [9.17, 15) is 22.8 Å². The van der Waals surface area contributed by atoms with Crippen LogP contribution >= 0.6 is 11.6 Å². The second-order valence-corrected chi connectivity index (χ2v) is 11.5. The van der Waals surface area contributed by atoms with Crippen molar-refractivity contribution in [1.29, 1.82) is 0 Å². The van der Waals surface area contributed by atoms with E-state index in [0.29, 0.717) is 6.54 Å². The average molecular weight is 661 g/mol. The number of fused-ring (bicyclic) bond motifs is 3. The number of carbonyl (C=O) groups excluding carboxylic acids is 1. The largest absolute Gasteiger partial charge is 0.480 e. The lowest BCUT2D eigenvalue weighted by molar-refractivity contribution is -0.143. The van der Waals surface area contributed by atoms with Crippen LogP contribution in [-0.2, 0) is 18.6 Å². The molecule has 4 heterocycles. The predicted octanol–water partition coefficient (Wildman–Crippen LogP) is 5.98. The Morgan fingerprint density at radius 1 is 1.09 bits per heavy atom. The van der Waals surface area contributed by atoms with Gasteiger partial charge >= 0.3 is 11.7 Å². The molecular weight excluding hydrogens is 639 g/mol. The average Bonchev–Trinajstić information content (AvgIpc) is 3.69. The molecule has 0 unspecified atom stereocenters. The molecule has 1 fully saturated rings. The van der Waals surface area contributed by atoms with Crippen LogP contribution in [0.4, 0.5) is 22.0 Å². The molecule has 9 nitrogen and oxygen atoms in total. The maximum atomic E-state index is 16.7. The van der Waals surface area contributed by atoms with Crippen LogP contribution in [0.3, 0.4) is 0 Å². The first kappa shape index (κ1) is 30.0. The van der Waals surface area contributed by atoms with E-state index in [1.807, 2.05) is 30.3 Å². The molecule has 3 aliphatic heterocycles. The SMILES string of the molecule is NC(=O)c1cc2c(c(F)c1-c1c(Cl)c(F)cc3c1C[C@](c1ccccc1)([C@@H]1CCCN1)O3)Oc1c(cnn(CC(F)(F)F)c1=O)O2. The number of hydrogen-bond acceptors (Lipinski definition) is 7. The number of benzene rings is 3. The van der Waals surface area contributed by atoms with Crippen molar-refractivity contribution in [3.05, 3.63) is 92.4 Å². The summed E-state index contributed by atoms with van der Waals surface area (Å²) in [6, 6.07) is 11.1. The molecule has 15 heteroatoms. The van der Waals surface area contributed by atoms with Gasteiger partial charge in [0.2, 0.25) is 17.4 Å². The molecule has 7 rings (SSSR count). The zero-order chi connectivity index (χ0) is 32.5. The van der Waals surface area contributed by atoms with E-state index in [4.69, 9.17) is 31.5 Å². The summed E-state index contributed by atoms with van der Waals surface area (Å²) < 4.78 is 89.0. The third-order valence-electron chi connectivity index (χ3n) is 8.33. The number of nitrogens with two attached hydrogens (primary N) is 1. The van der Waals surface area contributed by atoms with E-state index in [0.717, 1.165) is 36.7 Å². The van der Waals surface area contributed by atoms with Crippen LogP contribution in [0.5, 0.6) is 28.7 Å². The molecule has 1 saturated heterocycles. The Labute approximate surface area is 261 Å². The van der Waals surface area contributed by atoms with Gasteiger partial charge < -0.3 is 25.3 Å². The number of amides is 1. The normalized spacial score (nSPS) is 19.8. The molecule has 0 spiro atoms. The standard InChI is InChI=1S/C31H22ClF5N4O5/c32-24-17(33)10-18-16(11-30(46-18,21-7-4-8-39-21)14-5-2-1-3-6-14)22(24)23-15(28(38)42)9-19-26(25(23)34)45-27-20(44-19)12-40-41(29(27)43)13-31(35,36)37/h1-3,5-6,9-10,12,21,39H,4,7-8,11,13H2,(H2,38,42)/t21-,30-/m0/s1. The summed E-state index contributed by atoms with van der Waals surface area (Å²) in [7, 11) is 0. The minimum absolute atomic E-state index is 0.0608. The van der Waals surface area contributed by atoms with Gasteiger partial charge in [-0.3, -0.25) is 9.59 Å². The third-order valence-corrected chi connectivity index (χ3v) is 8.70. The molecule has 3 N–H and O–H groups in total. The molecular formula is C31H22ClF5N4O5. The molecule has 0 aliphatic carbocycles. The number of nitrogens with zero attached hydrogens (tertiary/aromatic N) is 2. The highest BCUT2D eigenvalue weighted by Crippen LogP contribution is 2.55. The second kappa shape index (κ2) is 10.7. The van der Waals surface area contributed by atoms with Gasteiger partial charge in [0.05, 0.1) is 22.8 Å². The van der Waals surface area contributed by atoms with Crippen LogP contribution in [0, 0.1) is 11.6 Å². The summed E-state index contributed by atoms with van der Waals surface area (Å²) in [5, 5.41) is 6.33. The fourth-order valence-corrected chi connectivity index (χ4v) is 6.63. The first-order chi connectivity index (χ1) is 21.9. The zero-order valence-corrected chi connectivity index (χ0v) is 24.3. The fourth-order valence-electron chi connectivity index (χ4n) is 6.37. The summed E-state index contributed by atoms with van der Waals surface area (Å²) in [4.78, 5) is 25.6. The van der Waals surface area contributed by atoms with Crippen LogP contribution in [0.2, 0.25) is 5.02 Å². The number of nitrogens with one attached hydrogen (secondary N) is 1. The van der Waals surface area contributed by atoms with Gasteiger partial charge in [0.25, 0.3) is 0 Å². The van der Waals surface area contributed by atoms with E-state index in [2.05, 4.69) is 10.4 Å². The maximum absolute atomic E-state index is 16.7. The third kappa shape index (κ3) is 4.74. The lowest BCUT2D eigenvalue weighted by atomic mass is 9.80. The Morgan fingerprint density at radius 2 is 1.85 bits per heavy atom. The van der Waals surface area contributed by atoms with Gasteiger partial charge in [-0.25, -0.2) is 13.5 Å². The van der Waals surface area contributed by atoms with Crippen molar-refractivity contribution in [1.82, 2.24) is 15.1 Å². The Hall–Kier alpha value is -4.69. The summed E-state index contributed by atoms with van der Waals surface area (Å²) in [5.41, 5.74) is 3.05. The summed E-state index contributed by atoms with van der Waals surface area (Å²) in [5.74, 6) is -5.75. The molecule has 0 saturated carbocycles. The summed E-state index contributed by atoms with van der Waals surface area (Å²) in [6.45, 7) is -1.03. The number of primary amides is 1. The number of aromatic nitrogens is 2. The van der Waals surface area contributed by atoms with Crippen LogP contribution in [0.1, 0.15) is 34.3 Å². The first-order valence-corrected chi connectivity index (χ1v) is 14.4. The summed E-state index contributed by atoms with van der Waals surface area (Å²) >= 11 is 6.53. The molecule has 4 aromatic rings. The second-order valence-electron chi connectivity index (χ2n) is 11.1. The molecule has 3 aromatic carbocycles. The Morgan fingerprint density at radius 3 is 2.52 bits per heavy atom. The van der Waals surface area contributed by atoms with Crippen LogP contribution < -0.4 is 30.8 Å². The Balaban J connectivity index is 1.41. The van der Waals surface area contributed by atoms with Gasteiger partial charge in [-0.2, -0.15) is 18.3 Å². The van der Waals surface area contributed by atoms with Crippen LogP contribution in [-0.4, -0.2) is 34.5 Å². The fraction of sp³-hybridized carbons (Fsp3) is 0.258. The molecule has 3 aliphatic rings. The van der Waals surface area contributed by atoms with Crippen molar-refractivity contribution in [2.24, 2.45) is 5.73 Å². The number of rotatable bonds is 5. The molecule has 0 bridgehead atoms. The zero-order valence-electron chi connectivity index (χ0n) is 23.5. The quantitative estimate of drug-likeness (QED) is 0.223. The number of halogens is 6. The summed E-state index contributed by atoms with van der Waals surface area (Å²) in [6.07, 6.45) is -2.35. The molecule has 0 radical (unpaired) electrons. The predicted molar refractivity (Wildman–Crippen MR) is 153 cm³/mol. The van der Waals surface area contributed by atoms with Gasteiger partial charge in [0, 0.05) is 29.2 Å². The van der Waals surface area contributed by atoms with Gasteiger partial charge in [0.15, 0.2) is 22.9 Å². The van der Waals surface area contributed by atoms with E-state index in [1.165, 1.54) is 0 Å². The maximum Gasteiger partial charge on any atom is 0.408 e. The highest BCUT2D eigenvalue weighted by Gasteiger charge is 2.50. The van der Waals surface area contributed by atoms with E-state index in [1.54, 1.807) is 0 Å². The van der Waals surface area contributed by atoms with Crippen molar-refractivity contribution in [3.8, 4) is 39.9 Å². The van der Waals surface area contributed by atoms with Gasteiger partial charge in [-0.05, 0) is 31.0 Å².